The normalized spacial score (nSPS) is 11.9. The van der Waals surface area contributed by atoms with Gasteiger partial charge in [-0.15, -0.1) is 11.3 Å². The zero-order valence-electron chi connectivity index (χ0n) is 12.4. The topological polar surface area (TPSA) is 67.4 Å². The van der Waals surface area contributed by atoms with Crippen LogP contribution in [0.3, 0.4) is 0 Å². The second-order valence-corrected chi connectivity index (χ2v) is 7.59. The first-order chi connectivity index (χ1) is 9.51. The van der Waals surface area contributed by atoms with Crippen LogP contribution in [-0.4, -0.2) is 35.2 Å². The molecule has 1 heterocycles. The highest BCUT2D eigenvalue weighted by Crippen LogP contribution is 2.25. The molecule has 0 amide bonds. The van der Waals surface area contributed by atoms with Gasteiger partial charge in [0.15, 0.2) is 0 Å². The molecule has 0 saturated heterocycles. The van der Waals surface area contributed by atoms with Crippen molar-refractivity contribution in [2.75, 3.05) is 26.8 Å². The molecule has 5 nitrogen and oxygen atoms in total. The predicted octanol–water partition coefficient (Wildman–Crippen LogP) is 1.87. The summed E-state index contributed by atoms with van der Waals surface area (Å²) >= 11 is 1.53. The van der Waals surface area contributed by atoms with Crippen LogP contribution in [0.4, 0.5) is 0 Å². The molecule has 0 unspecified atom stereocenters. The number of hydrogen-bond acceptors (Lipinski definition) is 5. The molecular formula is C13H24N2O3S2. The Balaban J connectivity index is 2.60. The van der Waals surface area contributed by atoms with Crippen molar-refractivity contribution in [3.8, 4) is 0 Å². The molecule has 1 aromatic heterocycles. The Bertz CT molecular complexity index is 498. The summed E-state index contributed by atoms with van der Waals surface area (Å²) in [7, 11) is -1.75. The number of methoxy groups -OCH3 is 1. The van der Waals surface area contributed by atoms with Gasteiger partial charge in [0, 0.05) is 36.6 Å². The quantitative estimate of drug-likeness (QED) is 0.646. The van der Waals surface area contributed by atoms with Gasteiger partial charge in [-0.25, -0.2) is 13.1 Å². The number of rotatable bonds is 10. The fourth-order valence-corrected chi connectivity index (χ4v) is 4.46. The van der Waals surface area contributed by atoms with Crippen LogP contribution >= 0.6 is 11.3 Å². The van der Waals surface area contributed by atoms with Gasteiger partial charge in [0.2, 0.25) is 10.0 Å². The second kappa shape index (κ2) is 8.74. The van der Waals surface area contributed by atoms with Crippen molar-refractivity contribution in [2.24, 2.45) is 0 Å². The lowest BCUT2D eigenvalue weighted by atomic mass is 10.3. The number of sulfonamides is 1. The average molecular weight is 320 g/mol. The number of thiophene rings is 1. The van der Waals surface area contributed by atoms with E-state index in [1.54, 1.807) is 13.2 Å². The van der Waals surface area contributed by atoms with E-state index in [0.717, 1.165) is 29.1 Å². The second-order valence-electron chi connectivity index (χ2n) is 4.51. The summed E-state index contributed by atoms with van der Waals surface area (Å²) in [6.45, 7) is 6.57. The summed E-state index contributed by atoms with van der Waals surface area (Å²) in [4.78, 5) is 2.29. The van der Waals surface area contributed by atoms with E-state index in [4.69, 9.17) is 4.74 Å². The summed E-state index contributed by atoms with van der Waals surface area (Å²) in [5.74, 6) is 0. The molecule has 0 aliphatic carbocycles. The predicted molar refractivity (Wildman–Crippen MR) is 82.7 cm³/mol. The fraction of sp³-hybridized carbons (Fsp3) is 0.692. The van der Waals surface area contributed by atoms with E-state index in [-0.39, 0.29) is 0 Å². The minimum atomic E-state index is -3.39. The Kier molecular flexibility index (Phi) is 7.68. The van der Waals surface area contributed by atoms with Crippen LogP contribution in [0.5, 0.6) is 0 Å². The fourth-order valence-electron chi connectivity index (χ4n) is 1.78. The first-order valence-electron chi connectivity index (χ1n) is 6.80. The maximum absolute atomic E-state index is 12.2. The van der Waals surface area contributed by atoms with Crippen molar-refractivity contribution >= 4 is 21.4 Å². The first kappa shape index (κ1) is 17.6. The Labute approximate surface area is 125 Å². The molecule has 0 bridgehead atoms. The Morgan fingerprint density at radius 2 is 2.10 bits per heavy atom. The lowest BCUT2D eigenvalue weighted by molar-refractivity contribution is 0.193. The molecule has 1 rings (SSSR count). The number of unbranched alkanes of at least 4 members (excludes halogenated alkanes) is 1. The Hall–Kier alpha value is -0.470. The molecule has 0 saturated carbocycles. The molecule has 0 aromatic carbocycles. The van der Waals surface area contributed by atoms with Crippen LogP contribution in [0.1, 0.15) is 29.5 Å². The molecular weight excluding hydrogens is 296 g/mol. The van der Waals surface area contributed by atoms with Crippen LogP contribution in [0.15, 0.2) is 11.0 Å². The summed E-state index contributed by atoms with van der Waals surface area (Å²) in [5.41, 5.74) is 0. The molecule has 0 atom stereocenters. The van der Waals surface area contributed by atoms with Crippen LogP contribution in [-0.2, 0) is 21.3 Å². The van der Waals surface area contributed by atoms with Crippen molar-refractivity contribution in [1.29, 1.82) is 0 Å². The SMILES string of the molecule is CCNCc1cc(S(=O)(=O)NCCCCOC)c(C)s1. The minimum absolute atomic E-state index is 0.405. The van der Waals surface area contributed by atoms with Crippen LogP contribution < -0.4 is 10.0 Å². The van der Waals surface area contributed by atoms with Crippen LogP contribution in [0, 0.1) is 6.92 Å². The maximum Gasteiger partial charge on any atom is 0.241 e. The third kappa shape index (κ3) is 5.49. The van der Waals surface area contributed by atoms with Crippen LogP contribution in [0.2, 0.25) is 0 Å². The van der Waals surface area contributed by atoms with E-state index < -0.39 is 10.0 Å². The largest absolute Gasteiger partial charge is 0.385 e. The van der Waals surface area contributed by atoms with Gasteiger partial charge in [0.05, 0.1) is 4.90 Å². The zero-order valence-corrected chi connectivity index (χ0v) is 14.0. The standard InChI is InChI=1S/C13H24N2O3S2/c1-4-14-10-12-9-13(11(2)19-12)20(16,17)15-7-5-6-8-18-3/h9,14-15H,4-8,10H2,1-3H3. The summed E-state index contributed by atoms with van der Waals surface area (Å²) in [6.07, 6.45) is 1.63. The highest BCUT2D eigenvalue weighted by atomic mass is 32.2. The maximum atomic E-state index is 12.2. The number of ether oxygens (including phenoxy) is 1. The molecule has 0 aliphatic heterocycles. The van der Waals surface area contributed by atoms with Gasteiger partial charge < -0.3 is 10.1 Å². The third-order valence-electron chi connectivity index (χ3n) is 2.83. The average Bonchev–Trinajstić information content (AvgIpc) is 2.78. The van der Waals surface area contributed by atoms with Crippen LogP contribution in [0.25, 0.3) is 0 Å². The molecule has 0 radical (unpaired) electrons. The van der Waals surface area contributed by atoms with Crippen molar-refractivity contribution in [3.63, 3.8) is 0 Å². The molecule has 20 heavy (non-hydrogen) atoms. The van der Waals surface area contributed by atoms with Crippen molar-refractivity contribution in [3.05, 3.63) is 15.8 Å². The summed E-state index contributed by atoms with van der Waals surface area (Å²) in [5, 5.41) is 3.20. The first-order valence-corrected chi connectivity index (χ1v) is 9.10. The van der Waals surface area contributed by atoms with Gasteiger partial charge in [-0.1, -0.05) is 6.92 Å². The van der Waals surface area contributed by atoms with E-state index in [0.29, 0.717) is 24.6 Å². The van der Waals surface area contributed by atoms with Gasteiger partial charge in [0.25, 0.3) is 0 Å². The highest BCUT2D eigenvalue weighted by molar-refractivity contribution is 7.89. The summed E-state index contributed by atoms with van der Waals surface area (Å²) in [6, 6.07) is 1.76. The monoisotopic (exact) mass is 320 g/mol. The van der Waals surface area contributed by atoms with Gasteiger partial charge in [-0.2, -0.15) is 0 Å². The lowest BCUT2D eigenvalue weighted by Crippen LogP contribution is -2.25. The highest BCUT2D eigenvalue weighted by Gasteiger charge is 2.19. The van der Waals surface area contributed by atoms with Crippen molar-refractivity contribution in [2.45, 2.75) is 38.1 Å². The molecule has 1 aromatic rings. The molecule has 2 N–H and O–H groups in total. The van der Waals surface area contributed by atoms with E-state index >= 15 is 0 Å². The molecule has 0 aliphatic rings. The van der Waals surface area contributed by atoms with E-state index in [2.05, 4.69) is 10.0 Å². The van der Waals surface area contributed by atoms with E-state index in [1.165, 1.54) is 11.3 Å². The summed E-state index contributed by atoms with van der Waals surface area (Å²) < 4.78 is 32.0. The number of hydrogen-bond donors (Lipinski definition) is 2. The zero-order chi connectivity index (χ0) is 15.0. The third-order valence-corrected chi connectivity index (χ3v) is 5.60. The van der Waals surface area contributed by atoms with Crippen molar-refractivity contribution < 1.29 is 13.2 Å². The molecule has 0 spiro atoms. The molecule has 0 fully saturated rings. The molecule has 7 heteroatoms. The smallest absolute Gasteiger partial charge is 0.241 e. The molecule has 116 valence electrons. The van der Waals surface area contributed by atoms with E-state index in [9.17, 15) is 8.42 Å². The van der Waals surface area contributed by atoms with Gasteiger partial charge >= 0.3 is 0 Å². The van der Waals surface area contributed by atoms with E-state index in [1.807, 2.05) is 13.8 Å². The van der Waals surface area contributed by atoms with Gasteiger partial charge in [0.1, 0.15) is 0 Å². The number of nitrogens with one attached hydrogen (secondary N) is 2. The lowest BCUT2D eigenvalue weighted by Gasteiger charge is -2.05. The van der Waals surface area contributed by atoms with Gasteiger partial charge in [-0.05, 0) is 32.4 Å². The Morgan fingerprint density at radius 1 is 1.35 bits per heavy atom. The Morgan fingerprint density at radius 3 is 2.75 bits per heavy atom. The van der Waals surface area contributed by atoms with Gasteiger partial charge in [-0.3, -0.25) is 0 Å². The number of aryl methyl sites for hydroxylation is 1. The van der Waals surface area contributed by atoms with Crippen molar-refractivity contribution in [1.82, 2.24) is 10.0 Å². The minimum Gasteiger partial charge on any atom is -0.385 e.